The van der Waals surface area contributed by atoms with Gasteiger partial charge in [-0.25, -0.2) is 4.98 Å². The minimum atomic E-state index is 0.462. The number of hydrogen-bond donors (Lipinski definition) is 1. The zero-order valence-corrected chi connectivity index (χ0v) is 9.18. The minimum absolute atomic E-state index is 0.462. The molecular formula is C13H14N2O. The van der Waals surface area contributed by atoms with Gasteiger partial charge in [0.2, 0.25) is 0 Å². The van der Waals surface area contributed by atoms with Crippen molar-refractivity contribution >= 4 is 5.82 Å². The fourth-order valence-corrected chi connectivity index (χ4v) is 1.46. The first-order chi connectivity index (χ1) is 7.78. The number of rotatable bonds is 3. The van der Waals surface area contributed by atoms with E-state index in [2.05, 4.69) is 18.0 Å². The summed E-state index contributed by atoms with van der Waals surface area (Å²) in [4.78, 5) is 3.91. The summed E-state index contributed by atoms with van der Waals surface area (Å²) in [7, 11) is 0. The molecule has 1 heterocycles. The zero-order valence-electron chi connectivity index (χ0n) is 9.18. The van der Waals surface area contributed by atoms with Crippen molar-refractivity contribution in [2.75, 3.05) is 5.73 Å². The standard InChI is InChI=1S/C13H14N2O/c1-2-10-4-3-5-11(8-10)16-12-6-7-15-13(14)9-12/h3-9H,2H2,1H3,(H2,14,15). The van der Waals surface area contributed by atoms with Crippen LogP contribution in [0.5, 0.6) is 11.5 Å². The number of anilines is 1. The molecule has 1 aromatic carbocycles. The van der Waals surface area contributed by atoms with Crippen molar-refractivity contribution in [1.82, 2.24) is 4.98 Å². The van der Waals surface area contributed by atoms with Gasteiger partial charge in [-0.15, -0.1) is 0 Å². The maximum Gasteiger partial charge on any atom is 0.132 e. The first kappa shape index (κ1) is 10.5. The number of aromatic nitrogens is 1. The lowest BCUT2D eigenvalue weighted by Gasteiger charge is -2.06. The van der Waals surface area contributed by atoms with E-state index in [0.29, 0.717) is 11.6 Å². The Morgan fingerprint density at radius 2 is 2.00 bits per heavy atom. The normalized spacial score (nSPS) is 10.1. The van der Waals surface area contributed by atoms with Crippen LogP contribution in [0.25, 0.3) is 0 Å². The van der Waals surface area contributed by atoms with Gasteiger partial charge >= 0.3 is 0 Å². The van der Waals surface area contributed by atoms with E-state index in [9.17, 15) is 0 Å². The highest BCUT2D eigenvalue weighted by molar-refractivity contribution is 5.39. The third-order valence-corrected chi connectivity index (χ3v) is 2.29. The molecule has 0 aliphatic heterocycles. The summed E-state index contributed by atoms with van der Waals surface area (Å²) in [5.41, 5.74) is 6.83. The highest BCUT2D eigenvalue weighted by atomic mass is 16.5. The number of pyridine rings is 1. The number of aryl methyl sites for hydroxylation is 1. The molecule has 0 saturated heterocycles. The van der Waals surface area contributed by atoms with Gasteiger partial charge in [0.15, 0.2) is 0 Å². The first-order valence-electron chi connectivity index (χ1n) is 5.26. The second-order valence-corrected chi connectivity index (χ2v) is 3.52. The predicted octanol–water partition coefficient (Wildman–Crippen LogP) is 3.02. The Kier molecular flexibility index (Phi) is 3.05. The Morgan fingerprint density at radius 3 is 2.75 bits per heavy atom. The molecule has 0 amide bonds. The summed E-state index contributed by atoms with van der Waals surface area (Å²) in [6, 6.07) is 11.5. The zero-order chi connectivity index (χ0) is 11.4. The smallest absolute Gasteiger partial charge is 0.132 e. The van der Waals surface area contributed by atoms with E-state index in [1.165, 1.54) is 5.56 Å². The van der Waals surface area contributed by atoms with Crippen LogP contribution in [0.4, 0.5) is 5.82 Å². The van der Waals surface area contributed by atoms with Crippen molar-refractivity contribution in [2.24, 2.45) is 0 Å². The summed E-state index contributed by atoms with van der Waals surface area (Å²) < 4.78 is 5.68. The van der Waals surface area contributed by atoms with Crippen molar-refractivity contribution in [2.45, 2.75) is 13.3 Å². The fraction of sp³-hybridized carbons (Fsp3) is 0.154. The van der Waals surface area contributed by atoms with Gasteiger partial charge < -0.3 is 10.5 Å². The maximum atomic E-state index is 5.68. The summed E-state index contributed by atoms with van der Waals surface area (Å²) in [6.45, 7) is 2.11. The summed E-state index contributed by atoms with van der Waals surface area (Å²) in [5, 5.41) is 0. The SMILES string of the molecule is CCc1cccc(Oc2ccnc(N)c2)c1. The Bertz CT molecular complexity index is 483. The predicted molar refractivity (Wildman–Crippen MR) is 64.5 cm³/mol. The highest BCUT2D eigenvalue weighted by Crippen LogP contribution is 2.22. The fourth-order valence-electron chi connectivity index (χ4n) is 1.46. The van der Waals surface area contributed by atoms with Gasteiger partial charge in [0.05, 0.1) is 0 Å². The van der Waals surface area contributed by atoms with Crippen molar-refractivity contribution in [3.63, 3.8) is 0 Å². The van der Waals surface area contributed by atoms with Gasteiger partial charge in [0, 0.05) is 12.3 Å². The lowest BCUT2D eigenvalue weighted by atomic mass is 10.2. The molecule has 0 radical (unpaired) electrons. The maximum absolute atomic E-state index is 5.68. The van der Waals surface area contributed by atoms with Crippen LogP contribution in [0.3, 0.4) is 0 Å². The van der Waals surface area contributed by atoms with Crippen LogP contribution in [0.15, 0.2) is 42.6 Å². The molecule has 0 aliphatic carbocycles. The van der Waals surface area contributed by atoms with E-state index in [-0.39, 0.29) is 0 Å². The molecule has 16 heavy (non-hydrogen) atoms. The third-order valence-electron chi connectivity index (χ3n) is 2.29. The van der Waals surface area contributed by atoms with Crippen LogP contribution >= 0.6 is 0 Å². The van der Waals surface area contributed by atoms with Crippen LogP contribution < -0.4 is 10.5 Å². The van der Waals surface area contributed by atoms with Gasteiger partial charge in [-0.3, -0.25) is 0 Å². The molecular weight excluding hydrogens is 200 g/mol. The molecule has 1 aromatic heterocycles. The van der Waals surface area contributed by atoms with E-state index in [4.69, 9.17) is 10.5 Å². The monoisotopic (exact) mass is 214 g/mol. The van der Waals surface area contributed by atoms with Gasteiger partial charge in [-0.05, 0) is 30.2 Å². The molecule has 0 bridgehead atoms. The van der Waals surface area contributed by atoms with Gasteiger partial charge in [0.1, 0.15) is 17.3 Å². The van der Waals surface area contributed by atoms with Crippen LogP contribution in [0.1, 0.15) is 12.5 Å². The number of nitrogens with two attached hydrogens (primary N) is 1. The lowest BCUT2D eigenvalue weighted by Crippen LogP contribution is -1.91. The summed E-state index contributed by atoms with van der Waals surface area (Å²) in [5.74, 6) is 2.00. The van der Waals surface area contributed by atoms with Gasteiger partial charge in [-0.2, -0.15) is 0 Å². The average Bonchev–Trinajstić information content (AvgIpc) is 2.29. The molecule has 0 aliphatic rings. The molecule has 0 spiro atoms. The largest absolute Gasteiger partial charge is 0.457 e. The van der Waals surface area contributed by atoms with Crippen molar-refractivity contribution in [3.8, 4) is 11.5 Å². The van der Waals surface area contributed by atoms with Gasteiger partial charge in [-0.1, -0.05) is 19.1 Å². The number of hydrogen-bond acceptors (Lipinski definition) is 3. The number of benzene rings is 1. The van der Waals surface area contributed by atoms with Crippen molar-refractivity contribution in [1.29, 1.82) is 0 Å². The molecule has 2 rings (SSSR count). The molecule has 2 N–H and O–H groups in total. The Balaban J connectivity index is 2.20. The third kappa shape index (κ3) is 2.51. The molecule has 0 atom stereocenters. The molecule has 2 aromatic rings. The number of nitrogens with zero attached hydrogens (tertiary/aromatic N) is 1. The Labute approximate surface area is 94.9 Å². The van der Waals surface area contributed by atoms with Crippen LogP contribution in [0, 0.1) is 0 Å². The van der Waals surface area contributed by atoms with E-state index >= 15 is 0 Å². The lowest BCUT2D eigenvalue weighted by molar-refractivity contribution is 0.481. The van der Waals surface area contributed by atoms with E-state index in [1.807, 2.05) is 18.2 Å². The molecule has 0 fully saturated rings. The van der Waals surface area contributed by atoms with Crippen molar-refractivity contribution in [3.05, 3.63) is 48.2 Å². The van der Waals surface area contributed by atoms with Crippen LogP contribution in [-0.2, 0) is 6.42 Å². The Hall–Kier alpha value is -2.03. The second kappa shape index (κ2) is 4.66. The van der Waals surface area contributed by atoms with Crippen LogP contribution in [0.2, 0.25) is 0 Å². The second-order valence-electron chi connectivity index (χ2n) is 3.52. The van der Waals surface area contributed by atoms with Crippen LogP contribution in [-0.4, -0.2) is 4.98 Å². The highest BCUT2D eigenvalue weighted by Gasteiger charge is 1.98. The summed E-state index contributed by atoms with van der Waals surface area (Å²) in [6.07, 6.45) is 2.63. The summed E-state index contributed by atoms with van der Waals surface area (Å²) >= 11 is 0. The molecule has 3 nitrogen and oxygen atoms in total. The van der Waals surface area contributed by atoms with E-state index in [0.717, 1.165) is 12.2 Å². The quantitative estimate of drug-likeness (QED) is 0.854. The topological polar surface area (TPSA) is 48.1 Å². The minimum Gasteiger partial charge on any atom is -0.457 e. The van der Waals surface area contributed by atoms with E-state index < -0.39 is 0 Å². The van der Waals surface area contributed by atoms with E-state index in [1.54, 1.807) is 18.3 Å². The molecule has 82 valence electrons. The van der Waals surface area contributed by atoms with Crippen molar-refractivity contribution < 1.29 is 4.74 Å². The molecule has 3 heteroatoms. The molecule has 0 saturated carbocycles. The van der Waals surface area contributed by atoms with Gasteiger partial charge in [0.25, 0.3) is 0 Å². The number of ether oxygens (including phenoxy) is 1. The molecule has 0 unspecified atom stereocenters. The first-order valence-corrected chi connectivity index (χ1v) is 5.26. The average molecular weight is 214 g/mol. The number of nitrogen functional groups attached to an aromatic ring is 1. The Morgan fingerprint density at radius 1 is 1.19 bits per heavy atom.